The number of hydrogen-bond donors (Lipinski definition) is 0. The van der Waals surface area contributed by atoms with Crippen LogP contribution in [-0.4, -0.2) is 71.7 Å². The summed E-state index contributed by atoms with van der Waals surface area (Å²) in [4.78, 5) is 38.9. The predicted molar refractivity (Wildman–Crippen MR) is 102 cm³/mol. The number of rotatable bonds is 5. The zero-order valence-electron chi connectivity index (χ0n) is 16.7. The number of carbonyl (C=O) groups excluding carboxylic acids is 2. The van der Waals surface area contributed by atoms with Crippen molar-refractivity contribution in [2.45, 2.75) is 38.8 Å². The average molecular weight is 393 g/mol. The Labute approximate surface area is 164 Å². The van der Waals surface area contributed by atoms with Crippen LogP contribution in [-0.2, 0) is 20.7 Å². The molecule has 2 rings (SSSR count). The van der Waals surface area contributed by atoms with Gasteiger partial charge in [0.05, 0.1) is 12.0 Å². The van der Waals surface area contributed by atoms with Crippen LogP contribution in [0.2, 0.25) is 0 Å². The number of nitro benzene ring substituents is 1. The topological polar surface area (TPSA) is 102 Å². The minimum atomic E-state index is -0.660. The number of nitrogens with zero attached hydrogens (tertiary/aromatic N) is 3. The van der Waals surface area contributed by atoms with Crippen molar-refractivity contribution in [1.29, 1.82) is 0 Å². The molecular formula is C19H27N3O6. The maximum Gasteiger partial charge on any atom is 0.410 e. The highest BCUT2D eigenvalue weighted by Crippen LogP contribution is 2.22. The van der Waals surface area contributed by atoms with Gasteiger partial charge in [0.15, 0.2) is 0 Å². The van der Waals surface area contributed by atoms with Crippen molar-refractivity contribution in [3.8, 4) is 0 Å². The second-order valence-electron chi connectivity index (χ2n) is 7.63. The summed E-state index contributed by atoms with van der Waals surface area (Å²) in [5, 5.41) is 11.3. The van der Waals surface area contributed by atoms with Gasteiger partial charge in [-0.2, -0.15) is 0 Å². The Hall–Kier alpha value is -2.68. The van der Waals surface area contributed by atoms with Gasteiger partial charge in [0.25, 0.3) is 5.69 Å². The van der Waals surface area contributed by atoms with Gasteiger partial charge in [0.2, 0.25) is 0 Å². The van der Waals surface area contributed by atoms with Crippen molar-refractivity contribution in [2.24, 2.45) is 0 Å². The van der Waals surface area contributed by atoms with Gasteiger partial charge < -0.3 is 14.4 Å². The van der Waals surface area contributed by atoms with E-state index in [1.807, 2.05) is 4.90 Å². The van der Waals surface area contributed by atoms with Gasteiger partial charge >= 0.3 is 12.1 Å². The molecule has 154 valence electrons. The molecule has 0 spiro atoms. The lowest BCUT2D eigenvalue weighted by atomic mass is 10.0. The van der Waals surface area contributed by atoms with Gasteiger partial charge in [-0.1, -0.05) is 18.2 Å². The molecule has 9 heteroatoms. The van der Waals surface area contributed by atoms with Crippen molar-refractivity contribution >= 4 is 17.7 Å². The smallest absolute Gasteiger partial charge is 0.410 e. The van der Waals surface area contributed by atoms with E-state index >= 15 is 0 Å². The van der Waals surface area contributed by atoms with E-state index in [1.165, 1.54) is 13.2 Å². The summed E-state index contributed by atoms with van der Waals surface area (Å²) < 4.78 is 10.3. The van der Waals surface area contributed by atoms with Gasteiger partial charge in [-0.25, -0.2) is 4.79 Å². The Morgan fingerprint density at radius 1 is 1.18 bits per heavy atom. The van der Waals surface area contributed by atoms with E-state index in [9.17, 15) is 19.7 Å². The third-order valence-electron chi connectivity index (χ3n) is 4.48. The Kier molecular flexibility index (Phi) is 6.95. The SMILES string of the molecule is COC(=O)C(Cc1ccccc1[N+](=O)[O-])N1CCN(C(=O)OC(C)(C)C)CC1. The number of ether oxygens (including phenoxy) is 2. The molecule has 0 N–H and O–H groups in total. The van der Waals surface area contributed by atoms with Crippen molar-refractivity contribution < 1.29 is 24.0 Å². The summed E-state index contributed by atoms with van der Waals surface area (Å²) in [6.45, 7) is 7.11. The second-order valence-corrected chi connectivity index (χ2v) is 7.63. The first-order valence-corrected chi connectivity index (χ1v) is 9.14. The first kappa shape index (κ1) is 21.6. The lowest BCUT2D eigenvalue weighted by Gasteiger charge is -2.38. The lowest BCUT2D eigenvalue weighted by Crippen LogP contribution is -2.55. The molecule has 1 heterocycles. The Bertz CT molecular complexity index is 723. The molecule has 1 amide bonds. The Balaban J connectivity index is 2.09. The minimum absolute atomic E-state index is 0.0243. The van der Waals surface area contributed by atoms with E-state index in [4.69, 9.17) is 9.47 Å². The fraction of sp³-hybridized carbons (Fsp3) is 0.579. The van der Waals surface area contributed by atoms with Crippen LogP contribution in [0.4, 0.5) is 10.5 Å². The maximum atomic E-state index is 12.4. The van der Waals surface area contributed by atoms with Gasteiger partial charge in [-0.05, 0) is 20.8 Å². The van der Waals surface area contributed by atoms with Crippen LogP contribution in [0.1, 0.15) is 26.3 Å². The maximum absolute atomic E-state index is 12.4. The lowest BCUT2D eigenvalue weighted by molar-refractivity contribution is -0.385. The summed E-state index contributed by atoms with van der Waals surface area (Å²) in [5.41, 5.74) is -0.129. The zero-order valence-corrected chi connectivity index (χ0v) is 16.7. The fourth-order valence-electron chi connectivity index (χ4n) is 3.11. The van der Waals surface area contributed by atoms with Gasteiger partial charge in [-0.15, -0.1) is 0 Å². The predicted octanol–water partition coefficient (Wildman–Crippen LogP) is 2.23. The molecule has 1 unspecified atom stereocenters. The first-order valence-electron chi connectivity index (χ1n) is 9.14. The average Bonchev–Trinajstić information content (AvgIpc) is 2.64. The molecule has 0 aliphatic carbocycles. The molecular weight excluding hydrogens is 366 g/mol. The second kappa shape index (κ2) is 9.01. The number of carbonyl (C=O) groups is 2. The summed E-state index contributed by atoms with van der Waals surface area (Å²) in [7, 11) is 1.30. The molecule has 1 aromatic carbocycles. The van der Waals surface area contributed by atoms with E-state index < -0.39 is 22.5 Å². The quantitative estimate of drug-likeness (QED) is 0.429. The highest BCUT2D eigenvalue weighted by molar-refractivity contribution is 5.76. The van der Waals surface area contributed by atoms with Crippen LogP contribution >= 0.6 is 0 Å². The van der Waals surface area contributed by atoms with E-state index in [0.717, 1.165) is 0 Å². The Morgan fingerprint density at radius 2 is 1.79 bits per heavy atom. The molecule has 0 saturated carbocycles. The molecule has 28 heavy (non-hydrogen) atoms. The number of piperazine rings is 1. The number of para-hydroxylation sites is 1. The van der Waals surface area contributed by atoms with E-state index in [-0.39, 0.29) is 18.2 Å². The number of hydrogen-bond acceptors (Lipinski definition) is 7. The third-order valence-corrected chi connectivity index (χ3v) is 4.48. The van der Waals surface area contributed by atoms with Crippen molar-refractivity contribution in [1.82, 2.24) is 9.80 Å². The van der Waals surface area contributed by atoms with Gasteiger partial charge in [-0.3, -0.25) is 19.8 Å². The van der Waals surface area contributed by atoms with E-state index in [2.05, 4.69) is 0 Å². The molecule has 1 aromatic rings. The van der Waals surface area contributed by atoms with Crippen molar-refractivity contribution in [3.05, 3.63) is 39.9 Å². The van der Waals surface area contributed by atoms with Crippen LogP contribution < -0.4 is 0 Å². The highest BCUT2D eigenvalue weighted by atomic mass is 16.6. The summed E-state index contributed by atoms with van der Waals surface area (Å²) in [5.74, 6) is -0.455. The number of nitro groups is 1. The van der Waals surface area contributed by atoms with Crippen LogP contribution in [0.5, 0.6) is 0 Å². The fourth-order valence-corrected chi connectivity index (χ4v) is 3.11. The molecule has 0 radical (unpaired) electrons. The number of amides is 1. The van der Waals surface area contributed by atoms with Crippen LogP contribution in [0, 0.1) is 10.1 Å². The molecule has 1 aliphatic rings. The summed E-state index contributed by atoms with van der Waals surface area (Å²) in [6, 6.07) is 5.70. The molecule has 1 fully saturated rings. The zero-order chi connectivity index (χ0) is 20.9. The minimum Gasteiger partial charge on any atom is -0.468 e. The number of methoxy groups -OCH3 is 1. The van der Waals surface area contributed by atoms with Crippen molar-refractivity contribution in [3.63, 3.8) is 0 Å². The number of esters is 1. The van der Waals surface area contributed by atoms with Crippen LogP contribution in [0.25, 0.3) is 0 Å². The summed E-state index contributed by atoms with van der Waals surface area (Å²) in [6.07, 6.45) is -0.225. The molecule has 0 bridgehead atoms. The van der Waals surface area contributed by atoms with E-state index in [1.54, 1.807) is 43.9 Å². The summed E-state index contributed by atoms with van der Waals surface area (Å²) >= 11 is 0. The molecule has 1 atom stereocenters. The van der Waals surface area contributed by atoms with Crippen LogP contribution in [0.15, 0.2) is 24.3 Å². The molecule has 0 aromatic heterocycles. The van der Waals surface area contributed by atoms with E-state index in [0.29, 0.717) is 31.7 Å². The number of benzene rings is 1. The first-order chi connectivity index (χ1) is 13.1. The highest BCUT2D eigenvalue weighted by Gasteiger charge is 2.33. The Morgan fingerprint density at radius 3 is 2.32 bits per heavy atom. The normalized spacial score (nSPS) is 16.4. The van der Waals surface area contributed by atoms with Gasteiger partial charge in [0, 0.05) is 44.2 Å². The standard InChI is InChI=1S/C19H27N3O6/c1-19(2,3)28-18(24)21-11-9-20(10-12-21)16(17(23)27-4)13-14-7-5-6-8-15(14)22(25)26/h5-8,16H,9-13H2,1-4H3. The molecule has 1 saturated heterocycles. The molecule has 9 nitrogen and oxygen atoms in total. The third kappa shape index (κ3) is 5.66. The van der Waals surface area contributed by atoms with Crippen LogP contribution in [0.3, 0.4) is 0 Å². The van der Waals surface area contributed by atoms with Crippen molar-refractivity contribution in [2.75, 3.05) is 33.3 Å². The van der Waals surface area contributed by atoms with Gasteiger partial charge in [0.1, 0.15) is 11.6 Å². The molecule has 1 aliphatic heterocycles. The largest absolute Gasteiger partial charge is 0.468 e. The monoisotopic (exact) mass is 393 g/mol.